The van der Waals surface area contributed by atoms with Gasteiger partial charge in [0.15, 0.2) is 16.4 Å². The Kier molecular flexibility index (Phi) is 2.34. The lowest BCUT2D eigenvalue weighted by Crippen LogP contribution is -2.02. The van der Waals surface area contributed by atoms with Gasteiger partial charge in [-0.3, -0.25) is 0 Å². The summed E-state index contributed by atoms with van der Waals surface area (Å²) in [4.78, 5) is 2.85. The molecular formula is C10H12F2N2S. The number of fused-ring (bicyclic) bond motifs is 1. The lowest BCUT2D eigenvalue weighted by molar-refractivity contribution is 0.506. The van der Waals surface area contributed by atoms with Gasteiger partial charge in [-0.05, 0) is 38.2 Å². The predicted octanol–water partition coefficient (Wildman–Crippen LogP) is 3.80. The molecule has 0 saturated carbocycles. The zero-order valence-electron chi connectivity index (χ0n) is 8.34. The third kappa shape index (κ3) is 1.47. The quantitative estimate of drug-likeness (QED) is 0.739. The number of imidazole rings is 1. The average molecular weight is 230 g/mol. The molecule has 0 spiro atoms. The molecule has 1 aromatic heterocycles. The standard InChI is InChI=1S/C10H10F2N2S.H2/c1-5(2)14-9-7(13-10(14)15)4-3-6(11)8(9)12;/h3-5H,1-2H3,(H,13,15);1H. The van der Waals surface area contributed by atoms with Crippen LogP contribution in [0.4, 0.5) is 8.78 Å². The summed E-state index contributed by atoms with van der Waals surface area (Å²) in [7, 11) is 0. The lowest BCUT2D eigenvalue weighted by atomic mass is 10.2. The molecule has 0 bridgehead atoms. The summed E-state index contributed by atoms with van der Waals surface area (Å²) in [6.45, 7) is 3.74. The second-order valence-corrected chi connectivity index (χ2v) is 4.04. The zero-order chi connectivity index (χ0) is 11.2. The summed E-state index contributed by atoms with van der Waals surface area (Å²) in [6.07, 6.45) is 0. The van der Waals surface area contributed by atoms with Crippen LogP contribution < -0.4 is 0 Å². The average Bonchev–Trinajstić information content (AvgIpc) is 2.49. The van der Waals surface area contributed by atoms with Gasteiger partial charge in [0.05, 0.1) is 5.52 Å². The third-order valence-electron chi connectivity index (χ3n) is 2.29. The van der Waals surface area contributed by atoms with Crippen molar-refractivity contribution in [2.24, 2.45) is 0 Å². The lowest BCUT2D eigenvalue weighted by Gasteiger charge is -2.08. The Bertz CT molecular complexity index is 574. The van der Waals surface area contributed by atoms with Crippen LogP contribution in [0.1, 0.15) is 21.3 Å². The molecule has 2 rings (SSSR count). The smallest absolute Gasteiger partial charge is 0.184 e. The van der Waals surface area contributed by atoms with Gasteiger partial charge in [-0.15, -0.1) is 0 Å². The number of hydrogen-bond acceptors (Lipinski definition) is 1. The molecule has 0 aliphatic rings. The largest absolute Gasteiger partial charge is 0.330 e. The molecule has 0 amide bonds. The molecule has 15 heavy (non-hydrogen) atoms. The maximum Gasteiger partial charge on any atom is 0.184 e. The van der Waals surface area contributed by atoms with Crippen molar-refractivity contribution in [3.05, 3.63) is 28.5 Å². The van der Waals surface area contributed by atoms with E-state index in [4.69, 9.17) is 12.2 Å². The number of hydrogen-bond donors (Lipinski definition) is 1. The Balaban J connectivity index is 0.00000128. The molecule has 5 heteroatoms. The van der Waals surface area contributed by atoms with Gasteiger partial charge in [0, 0.05) is 7.47 Å². The van der Waals surface area contributed by atoms with Crippen LogP contribution in [0.15, 0.2) is 12.1 Å². The maximum absolute atomic E-state index is 13.6. The Hall–Kier alpha value is -1.23. The van der Waals surface area contributed by atoms with Crippen LogP contribution in [0.5, 0.6) is 0 Å². The van der Waals surface area contributed by atoms with Crippen molar-refractivity contribution in [3.63, 3.8) is 0 Å². The van der Waals surface area contributed by atoms with Crippen molar-refractivity contribution in [2.45, 2.75) is 19.9 Å². The molecular weight excluding hydrogens is 218 g/mol. The fourth-order valence-electron chi connectivity index (χ4n) is 1.65. The van der Waals surface area contributed by atoms with E-state index in [1.54, 1.807) is 4.57 Å². The molecule has 0 atom stereocenters. The minimum absolute atomic E-state index is 0. The van der Waals surface area contributed by atoms with Gasteiger partial charge in [-0.2, -0.15) is 0 Å². The van der Waals surface area contributed by atoms with Crippen molar-refractivity contribution >= 4 is 23.3 Å². The van der Waals surface area contributed by atoms with Gasteiger partial charge in [0.25, 0.3) is 0 Å². The molecule has 1 heterocycles. The van der Waals surface area contributed by atoms with Crippen LogP contribution in [0.25, 0.3) is 11.0 Å². The van der Waals surface area contributed by atoms with Crippen molar-refractivity contribution < 1.29 is 10.2 Å². The number of halogens is 2. The molecule has 0 fully saturated rings. The first kappa shape index (κ1) is 10.3. The summed E-state index contributed by atoms with van der Waals surface area (Å²) in [5.74, 6) is -1.71. The van der Waals surface area contributed by atoms with Gasteiger partial charge in [-0.1, -0.05) is 0 Å². The van der Waals surface area contributed by atoms with Crippen LogP contribution in [0.3, 0.4) is 0 Å². The van der Waals surface area contributed by atoms with E-state index in [1.165, 1.54) is 6.07 Å². The van der Waals surface area contributed by atoms with Crippen molar-refractivity contribution in [1.29, 1.82) is 0 Å². The molecule has 2 aromatic rings. The second kappa shape index (κ2) is 3.41. The van der Waals surface area contributed by atoms with E-state index >= 15 is 0 Å². The molecule has 82 valence electrons. The minimum Gasteiger partial charge on any atom is -0.330 e. The van der Waals surface area contributed by atoms with Crippen molar-refractivity contribution in [3.8, 4) is 0 Å². The molecule has 1 aromatic carbocycles. The normalized spacial score (nSPS) is 11.5. The predicted molar refractivity (Wildman–Crippen MR) is 59.5 cm³/mol. The molecule has 1 N–H and O–H groups in total. The molecule has 0 aliphatic heterocycles. The van der Waals surface area contributed by atoms with Crippen LogP contribution in [0.2, 0.25) is 0 Å². The number of benzene rings is 1. The fraction of sp³-hybridized carbons (Fsp3) is 0.300. The Morgan fingerprint density at radius 2 is 2.07 bits per heavy atom. The van der Waals surface area contributed by atoms with Gasteiger partial charge >= 0.3 is 0 Å². The third-order valence-corrected chi connectivity index (χ3v) is 2.59. The molecule has 0 radical (unpaired) electrons. The first-order valence-corrected chi connectivity index (χ1v) is 5.01. The summed E-state index contributed by atoms with van der Waals surface area (Å²) in [5.41, 5.74) is 0.725. The first-order chi connectivity index (χ1) is 7.02. The highest BCUT2D eigenvalue weighted by Crippen LogP contribution is 2.23. The number of rotatable bonds is 1. The topological polar surface area (TPSA) is 20.7 Å². The number of aromatic nitrogens is 2. The number of aromatic amines is 1. The van der Waals surface area contributed by atoms with E-state index in [1.807, 2.05) is 13.8 Å². The van der Waals surface area contributed by atoms with E-state index in [9.17, 15) is 8.78 Å². The van der Waals surface area contributed by atoms with Gasteiger partial charge in [-0.25, -0.2) is 8.78 Å². The van der Waals surface area contributed by atoms with E-state index < -0.39 is 11.6 Å². The first-order valence-electron chi connectivity index (χ1n) is 4.60. The van der Waals surface area contributed by atoms with Gasteiger partial charge < -0.3 is 9.55 Å². The molecule has 2 nitrogen and oxygen atoms in total. The van der Waals surface area contributed by atoms with E-state index in [0.29, 0.717) is 10.3 Å². The monoisotopic (exact) mass is 230 g/mol. The molecule has 0 unspecified atom stereocenters. The van der Waals surface area contributed by atoms with Crippen LogP contribution >= 0.6 is 12.2 Å². The highest BCUT2D eigenvalue weighted by atomic mass is 32.1. The number of nitrogens with one attached hydrogen (secondary N) is 1. The Labute approximate surface area is 92.0 Å². The summed E-state index contributed by atoms with van der Waals surface area (Å²) in [5, 5.41) is 0. The number of nitrogens with zero attached hydrogens (tertiary/aromatic N) is 1. The van der Waals surface area contributed by atoms with E-state index in [-0.39, 0.29) is 13.0 Å². The second-order valence-electron chi connectivity index (χ2n) is 3.65. The summed E-state index contributed by atoms with van der Waals surface area (Å²) in [6, 6.07) is 2.57. The number of H-pyrrole nitrogens is 1. The highest BCUT2D eigenvalue weighted by molar-refractivity contribution is 7.71. The fourth-order valence-corrected chi connectivity index (χ4v) is 2.06. The highest BCUT2D eigenvalue weighted by Gasteiger charge is 2.14. The van der Waals surface area contributed by atoms with Crippen molar-refractivity contribution in [2.75, 3.05) is 0 Å². The SMILES string of the molecule is CC(C)n1c(=S)[nH]c2ccc(F)c(F)c21.[HH]. The summed E-state index contributed by atoms with van der Waals surface area (Å²) >= 11 is 5.05. The van der Waals surface area contributed by atoms with Gasteiger partial charge in [0.1, 0.15) is 5.52 Å². The van der Waals surface area contributed by atoms with E-state index in [0.717, 1.165) is 6.07 Å². The van der Waals surface area contributed by atoms with Crippen molar-refractivity contribution in [1.82, 2.24) is 9.55 Å². The van der Waals surface area contributed by atoms with Crippen LogP contribution in [0, 0.1) is 16.4 Å². The minimum atomic E-state index is -0.856. The molecule has 0 saturated heterocycles. The van der Waals surface area contributed by atoms with Crippen LogP contribution in [-0.4, -0.2) is 9.55 Å². The van der Waals surface area contributed by atoms with Gasteiger partial charge in [0.2, 0.25) is 0 Å². The Morgan fingerprint density at radius 3 is 2.67 bits per heavy atom. The maximum atomic E-state index is 13.6. The summed E-state index contributed by atoms with van der Waals surface area (Å²) < 4.78 is 28.6. The zero-order valence-corrected chi connectivity index (χ0v) is 9.16. The van der Waals surface area contributed by atoms with Crippen LogP contribution in [-0.2, 0) is 0 Å². The molecule has 0 aliphatic carbocycles. The van der Waals surface area contributed by atoms with E-state index in [2.05, 4.69) is 4.98 Å². The Morgan fingerprint density at radius 1 is 1.40 bits per heavy atom.